The molecule has 1 aliphatic heterocycles. The van der Waals surface area contributed by atoms with Crippen molar-refractivity contribution in [2.45, 2.75) is 0 Å². The molecule has 1 fully saturated rings. The Morgan fingerprint density at radius 3 is 1.75 bits per heavy atom. The molecule has 1 N–H and O–H groups in total. The average Bonchev–Trinajstić information content (AvgIpc) is 1.75. The third-order valence-corrected chi connectivity index (χ3v) is 0.750. The number of likely N-dealkylation sites (N-methyl/N-ethyl adjacent to an activating group) is 1. The van der Waals surface area contributed by atoms with Crippen LogP contribution in [-0.2, 0) is 0 Å². The van der Waals surface area contributed by atoms with Crippen molar-refractivity contribution in [1.29, 1.82) is 0 Å². The largest absolute Gasteiger partial charge is 0.328 e. The molecule has 0 aromatic rings. The highest BCUT2D eigenvalue weighted by molar-refractivity contribution is 4.30. The molecule has 1 aliphatic rings. The van der Waals surface area contributed by atoms with Crippen molar-refractivity contribution < 1.29 is 4.90 Å². The van der Waals surface area contributed by atoms with Gasteiger partial charge in [-0.15, -0.1) is 0 Å². The van der Waals surface area contributed by atoms with Crippen LogP contribution in [0.1, 0.15) is 0 Å². The molecular formula is C3H8N+. The van der Waals surface area contributed by atoms with Gasteiger partial charge in [0.15, 0.2) is 0 Å². The van der Waals surface area contributed by atoms with Gasteiger partial charge in [0.05, 0.1) is 7.05 Å². The topological polar surface area (TPSA) is 4.44 Å². The lowest BCUT2D eigenvalue weighted by atomic mass is 11.0. The number of hydrogen-bond donors (Lipinski definition) is 1. The Morgan fingerprint density at radius 2 is 1.75 bits per heavy atom. The molecule has 0 atom stereocenters. The molecule has 0 amide bonds. The van der Waals surface area contributed by atoms with E-state index < -0.39 is 0 Å². The third-order valence-electron chi connectivity index (χ3n) is 0.750. The van der Waals surface area contributed by atoms with Crippen molar-refractivity contribution in [2.75, 3.05) is 20.1 Å². The van der Waals surface area contributed by atoms with E-state index in [2.05, 4.69) is 7.05 Å². The maximum atomic E-state index is 2.19. The molecule has 1 rings (SSSR count). The van der Waals surface area contributed by atoms with Gasteiger partial charge >= 0.3 is 0 Å². The van der Waals surface area contributed by atoms with E-state index in [4.69, 9.17) is 0 Å². The summed E-state index contributed by atoms with van der Waals surface area (Å²) in [4.78, 5) is 1.67. The summed E-state index contributed by atoms with van der Waals surface area (Å²) in [6, 6.07) is 0. The van der Waals surface area contributed by atoms with Gasteiger partial charge in [0.1, 0.15) is 13.1 Å². The molecule has 0 saturated carbocycles. The van der Waals surface area contributed by atoms with Crippen LogP contribution in [0.5, 0.6) is 0 Å². The van der Waals surface area contributed by atoms with Crippen LogP contribution in [0, 0.1) is 0 Å². The lowest BCUT2D eigenvalue weighted by Crippen LogP contribution is -2.87. The Labute approximate surface area is 26.2 Å². The van der Waals surface area contributed by atoms with Crippen molar-refractivity contribution in [3.05, 3.63) is 0 Å². The van der Waals surface area contributed by atoms with Gasteiger partial charge in [-0.2, -0.15) is 0 Å². The van der Waals surface area contributed by atoms with Crippen molar-refractivity contribution in [3.63, 3.8) is 0 Å². The van der Waals surface area contributed by atoms with Crippen LogP contribution < -0.4 is 4.90 Å². The first kappa shape index (κ1) is 2.21. The molecule has 0 aromatic carbocycles. The molecule has 1 heterocycles. The van der Waals surface area contributed by atoms with Crippen molar-refractivity contribution >= 4 is 0 Å². The molecular weight excluding hydrogens is 50.0 g/mol. The van der Waals surface area contributed by atoms with E-state index in [9.17, 15) is 0 Å². The molecule has 0 spiro atoms. The summed E-state index contributed by atoms with van der Waals surface area (Å²) in [5, 5.41) is 0. The van der Waals surface area contributed by atoms with E-state index in [0.717, 1.165) is 0 Å². The lowest BCUT2D eigenvalue weighted by Gasteiger charge is -1.64. The average molecular weight is 58.1 g/mol. The molecule has 1 nitrogen and oxygen atoms in total. The Kier molecular flexibility index (Phi) is 0.256. The Balaban J connectivity index is 2.17. The van der Waals surface area contributed by atoms with Crippen LogP contribution in [0.2, 0.25) is 0 Å². The highest BCUT2D eigenvalue weighted by Crippen LogP contribution is 1.50. The van der Waals surface area contributed by atoms with Crippen molar-refractivity contribution in [1.82, 2.24) is 0 Å². The summed E-state index contributed by atoms with van der Waals surface area (Å²) in [7, 11) is 2.19. The smallest absolute Gasteiger partial charge is 0.127 e. The Bertz CT molecular complexity index is 22.5. The minimum absolute atomic E-state index is 1.40. The van der Waals surface area contributed by atoms with E-state index in [1.807, 2.05) is 0 Å². The minimum atomic E-state index is 1.40. The second-order valence-electron chi connectivity index (χ2n) is 1.46. The summed E-state index contributed by atoms with van der Waals surface area (Å²) in [6.07, 6.45) is 0. The first-order valence-electron chi connectivity index (χ1n) is 1.71. The van der Waals surface area contributed by atoms with E-state index in [-0.39, 0.29) is 0 Å². The maximum Gasteiger partial charge on any atom is 0.127 e. The van der Waals surface area contributed by atoms with Gasteiger partial charge in [0, 0.05) is 0 Å². The van der Waals surface area contributed by atoms with Crippen LogP contribution in [0.25, 0.3) is 0 Å². The van der Waals surface area contributed by atoms with Crippen molar-refractivity contribution in [3.8, 4) is 0 Å². The summed E-state index contributed by atoms with van der Waals surface area (Å²) >= 11 is 0. The summed E-state index contributed by atoms with van der Waals surface area (Å²) in [5.74, 6) is 0. The van der Waals surface area contributed by atoms with E-state index >= 15 is 0 Å². The molecule has 1 heteroatoms. The zero-order chi connectivity index (χ0) is 2.99. The van der Waals surface area contributed by atoms with Gasteiger partial charge in [-0.05, 0) is 0 Å². The predicted octanol–water partition coefficient (Wildman–Crippen LogP) is -1.49. The predicted molar refractivity (Wildman–Crippen MR) is 16.6 cm³/mol. The fourth-order valence-corrected chi connectivity index (χ4v) is 0.125. The Morgan fingerprint density at radius 1 is 1.50 bits per heavy atom. The number of nitrogens with one attached hydrogen (secondary N) is 1. The summed E-state index contributed by atoms with van der Waals surface area (Å²) in [6.45, 7) is 2.81. The van der Waals surface area contributed by atoms with Gasteiger partial charge in [-0.25, -0.2) is 0 Å². The van der Waals surface area contributed by atoms with Gasteiger partial charge in [0.2, 0.25) is 0 Å². The highest BCUT2D eigenvalue weighted by atomic mass is 15.2. The first-order chi connectivity index (χ1) is 1.89. The Hall–Kier alpha value is -0.0400. The zero-order valence-electron chi connectivity index (χ0n) is 2.91. The van der Waals surface area contributed by atoms with Crippen LogP contribution in [0.3, 0.4) is 0 Å². The molecule has 4 heavy (non-hydrogen) atoms. The van der Waals surface area contributed by atoms with Gasteiger partial charge in [-0.1, -0.05) is 0 Å². The van der Waals surface area contributed by atoms with Crippen molar-refractivity contribution in [2.24, 2.45) is 0 Å². The van der Waals surface area contributed by atoms with Crippen LogP contribution in [0.15, 0.2) is 0 Å². The fourth-order valence-electron chi connectivity index (χ4n) is 0.125. The molecule has 24 valence electrons. The van der Waals surface area contributed by atoms with Gasteiger partial charge < -0.3 is 4.90 Å². The standard InChI is InChI=1S/C3H7N/c1-4-2-3-4/h2-3H2,1H3/p+1. The second-order valence-corrected chi connectivity index (χ2v) is 1.46. The van der Waals surface area contributed by atoms with Crippen LogP contribution in [0.4, 0.5) is 0 Å². The van der Waals surface area contributed by atoms with Gasteiger partial charge in [-0.3, -0.25) is 0 Å². The number of quaternary nitrogens is 1. The highest BCUT2D eigenvalue weighted by Gasteiger charge is 2.14. The monoisotopic (exact) mass is 58.1 g/mol. The summed E-state index contributed by atoms with van der Waals surface area (Å²) < 4.78 is 0. The third kappa shape index (κ3) is 0.206. The molecule has 0 unspecified atom stereocenters. The number of rotatable bonds is 0. The SMILES string of the molecule is C[NH+]1CC1. The quantitative estimate of drug-likeness (QED) is 0.324. The van der Waals surface area contributed by atoms with E-state index in [0.29, 0.717) is 0 Å². The molecule has 0 aliphatic carbocycles. The molecule has 1 saturated heterocycles. The first-order valence-corrected chi connectivity index (χ1v) is 1.71. The van der Waals surface area contributed by atoms with E-state index in [1.54, 1.807) is 4.90 Å². The zero-order valence-corrected chi connectivity index (χ0v) is 2.91. The minimum Gasteiger partial charge on any atom is -0.328 e. The molecule has 0 radical (unpaired) electrons. The summed E-state index contributed by atoms with van der Waals surface area (Å²) in [5.41, 5.74) is 0. The number of hydrogen-bond acceptors (Lipinski definition) is 0. The second kappa shape index (κ2) is 0.462. The fraction of sp³-hybridized carbons (Fsp3) is 1.00. The van der Waals surface area contributed by atoms with E-state index in [1.165, 1.54) is 13.1 Å². The molecule has 0 aromatic heterocycles. The molecule has 0 bridgehead atoms. The maximum absolute atomic E-state index is 2.19. The van der Waals surface area contributed by atoms with Crippen LogP contribution in [-0.4, -0.2) is 20.1 Å². The lowest BCUT2D eigenvalue weighted by molar-refractivity contribution is -0.733. The van der Waals surface area contributed by atoms with Gasteiger partial charge in [0.25, 0.3) is 0 Å². The van der Waals surface area contributed by atoms with Crippen LogP contribution >= 0.6 is 0 Å². The normalized spacial score (nSPS) is 26.2.